The number of hydrogen-bond donors (Lipinski definition) is 1. The van der Waals surface area contributed by atoms with Gasteiger partial charge < -0.3 is 10.1 Å². The van der Waals surface area contributed by atoms with E-state index >= 15 is 0 Å². The van der Waals surface area contributed by atoms with Crippen molar-refractivity contribution < 1.29 is 4.74 Å². The first-order valence-electron chi connectivity index (χ1n) is 7.66. The molecule has 19 heavy (non-hydrogen) atoms. The zero-order chi connectivity index (χ0) is 13.3. The Hall–Kier alpha value is -0.860. The van der Waals surface area contributed by atoms with Crippen LogP contribution in [-0.4, -0.2) is 13.7 Å². The van der Waals surface area contributed by atoms with E-state index in [9.17, 15) is 0 Å². The van der Waals surface area contributed by atoms with Gasteiger partial charge in [-0.15, -0.1) is 0 Å². The second-order valence-corrected chi connectivity index (χ2v) is 5.67. The molecule has 0 aliphatic heterocycles. The third kappa shape index (κ3) is 4.96. The number of benzene rings is 1. The molecule has 106 valence electrons. The van der Waals surface area contributed by atoms with E-state index in [0.717, 1.165) is 19.0 Å². The Bertz CT molecular complexity index is 358. The molecule has 1 saturated carbocycles. The number of nitrogens with one attached hydrogen (secondary N) is 1. The molecular weight excluding hydrogens is 234 g/mol. The Kier molecular flexibility index (Phi) is 6.38. The minimum atomic E-state index is 0.709. The maximum absolute atomic E-state index is 5.24. The highest BCUT2D eigenvalue weighted by atomic mass is 16.5. The third-order valence-corrected chi connectivity index (χ3v) is 4.19. The van der Waals surface area contributed by atoms with E-state index in [0.29, 0.717) is 6.61 Å². The summed E-state index contributed by atoms with van der Waals surface area (Å²) in [6, 6.07) is 8.54. The second-order valence-electron chi connectivity index (χ2n) is 5.67. The molecule has 0 aromatic heterocycles. The predicted molar refractivity (Wildman–Crippen MR) is 80.1 cm³/mol. The van der Waals surface area contributed by atoms with Crippen LogP contribution in [0.2, 0.25) is 0 Å². The fourth-order valence-corrected chi connectivity index (χ4v) is 3.03. The smallest absolute Gasteiger partial charge is 0.0716 e. The van der Waals surface area contributed by atoms with Crippen molar-refractivity contribution in [2.45, 2.75) is 51.7 Å². The van der Waals surface area contributed by atoms with E-state index in [1.165, 1.54) is 49.7 Å². The van der Waals surface area contributed by atoms with Crippen molar-refractivity contribution in [1.29, 1.82) is 0 Å². The predicted octanol–water partition coefficient (Wildman–Crippen LogP) is 3.89. The van der Waals surface area contributed by atoms with Crippen LogP contribution >= 0.6 is 0 Å². The standard InChI is InChI=1S/C17H27NO/c1-19-14-17-10-6-5-9-16(17)13-18-12-11-15-7-3-2-4-8-15/h5-6,9-10,15,18H,2-4,7-8,11-14H2,1H3. The van der Waals surface area contributed by atoms with E-state index in [4.69, 9.17) is 4.74 Å². The van der Waals surface area contributed by atoms with Crippen LogP contribution in [0.5, 0.6) is 0 Å². The van der Waals surface area contributed by atoms with Crippen molar-refractivity contribution in [3.05, 3.63) is 35.4 Å². The van der Waals surface area contributed by atoms with Gasteiger partial charge in [-0.3, -0.25) is 0 Å². The lowest BCUT2D eigenvalue weighted by molar-refractivity contribution is 0.184. The van der Waals surface area contributed by atoms with E-state index in [1.54, 1.807) is 7.11 Å². The maximum Gasteiger partial charge on any atom is 0.0716 e. The quantitative estimate of drug-likeness (QED) is 0.752. The van der Waals surface area contributed by atoms with Crippen molar-refractivity contribution in [3.8, 4) is 0 Å². The molecule has 0 heterocycles. The fraction of sp³-hybridized carbons (Fsp3) is 0.647. The van der Waals surface area contributed by atoms with Gasteiger partial charge in [0, 0.05) is 13.7 Å². The van der Waals surface area contributed by atoms with Gasteiger partial charge >= 0.3 is 0 Å². The zero-order valence-electron chi connectivity index (χ0n) is 12.2. The Balaban J connectivity index is 1.70. The molecule has 1 aliphatic carbocycles. The van der Waals surface area contributed by atoms with Gasteiger partial charge in [0.15, 0.2) is 0 Å². The van der Waals surface area contributed by atoms with Crippen LogP contribution in [-0.2, 0) is 17.9 Å². The molecule has 2 heteroatoms. The lowest BCUT2D eigenvalue weighted by atomic mass is 9.87. The largest absolute Gasteiger partial charge is 0.380 e. The van der Waals surface area contributed by atoms with Crippen LogP contribution in [0.1, 0.15) is 49.7 Å². The molecule has 0 saturated heterocycles. The Morgan fingerprint density at radius 3 is 2.58 bits per heavy atom. The lowest BCUT2D eigenvalue weighted by Crippen LogP contribution is -2.19. The van der Waals surface area contributed by atoms with E-state index in [-0.39, 0.29) is 0 Å². The van der Waals surface area contributed by atoms with E-state index < -0.39 is 0 Å². The van der Waals surface area contributed by atoms with Gasteiger partial charge in [-0.1, -0.05) is 56.4 Å². The molecule has 1 fully saturated rings. The lowest BCUT2D eigenvalue weighted by Gasteiger charge is -2.21. The van der Waals surface area contributed by atoms with Gasteiger partial charge in [0.25, 0.3) is 0 Å². The highest BCUT2D eigenvalue weighted by Gasteiger charge is 2.12. The monoisotopic (exact) mass is 261 g/mol. The first kappa shape index (κ1) is 14.5. The molecule has 1 aromatic rings. The van der Waals surface area contributed by atoms with Crippen LogP contribution in [0, 0.1) is 5.92 Å². The highest BCUT2D eigenvalue weighted by molar-refractivity contribution is 5.26. The average Bonchev–Trinajstić information content (AvgIpc) is 2.47. The van der Waals surface area contributed by atoms with Crippen molar-refractivity contribution in [2.75, 3.05) is 13.7 Å². The molecule has 1 aromatic carbocycles. The van der Waals surface area contributed by atoms with Gasteiger partial charge in [-0.05, 0) is 30.0 Å². The van der Waals surface area contributed by atoms with Gasteiger partial charge in [0.1, 0.15) is 0 Å². The molecule has 0 radical (unpaired) electrons. The molecule has 2 rings (SSSR count). The van der Waals surface area contributed by atoms with Gasteiger partial charge in [-0.25, -0.2) is 0 Å². The number of rotatable bonds is 7. The Labute approximate surface area is 117 Å². The van der Waals surface area contributed by atoms with Crippen LogP contribution < -0.4 is 5.32 Å². The molecule has 1 aliphatic rings. The summed E-state index contributed by atoms with van der Waals surface area (Å²) in [4.78, 5) is 0. The normalized spacial score (nSPS) is 16.7. The number of ether oxygens (including phenoxy) is 1. The first-order chi connectivity index (χ1) is 9.40. The number of methoxy groups -OCH3 is 1. The average molecular weight is 261 g/mol. The number of hydrogen-bond acceptors (Lipinski definition) is 2. The third-order valence-electron chi connectivity index (χ3n) is 4.19. The molecule has 0 amide bonds. The molecule has 0 spiro atoms. The highest BCUT2D eigenvalue weighted by Crippen LogP contribution is 2.25. The summed E-state index contributed by atoms with van der Waals surface area (Å²) >= 11 is 0. The van der Waals surface area contributed by atoms with Crippen molar-refractivity contribution in [3.63, 3.8) is 0 Å². The summed E-state index contributed by atoms with van der Waals surface area (Å²) in [5.41, 5.74) is 2.67. The molecular formula is C17H27NO. The van der Waals surface area contributed by atoms with Crippen LogP contribution in [0.4, 0.5) is 0 Å². The summed E-state index contributed by atoms with van der Waals surface area (Å²) < 4.78 is 5.24. The molecule has 2 nitrogen and oxygen atoms in total. The van der Waals surface area contributed by atoms with Gasteiger partial charge in [-0.2, -0.15) is 0 Å². The van der Waals surface area contributed by atoms with Gasteiger partial charge in [0.2, 0.25) is 0 Å². The fourth-order valence-electron chi connectivity index (χ4n) is 3.03. The summed E-state index contributed by atoms with van der Waals surface area (Å²) in [6.45, 7) is 2.82. The zero-order valence-corrected chi connectivity index (χ0v) is 12.2. The molecule has 0 unspecified atom stereocenters. The Morgan fingerprint density at radius 1 is 1.11 bits per heavy atom. The Morgan fingerprint density at radius 2 is 1.84 bits per heavy atom. The van der Waals surface area contributed by atoms with Crippen LogP contribution in [0.15, 0.2) is 24.3 Å². The molecule has 0 bridgehead atoms. The van der Waals surface area contributed by atoms with Crippen LogP contribution in [0.3, 0.4) is 0 Å². The maximum atomic E-state index is 5.24. The topological polar surface area (TPSA) is 21.3 Å². The van der Waals surface area contributed by atoms with Gasteiger partial charge in [0.05, 0.1) is 6.61 Å². The van der Waals surface area contributed by atoms with Crippen molar-refractivity contribution in [1.82, 2.24) is 5.32 Å². The summed E-state index contributed by atoms with van der Waals surface area (Å²) in [5.74, 6) is 0.968. The summed E-state index contributed by atoms with van der Waals surface area (Å²) in [7, 11) is 1.76. The second kappa shape index (κ2) is 8.34. The SMILES string of the molecule is COCc1ccccc1CNCCC1CCCCC1. The van der Waals surface area contributed by atoms with Crippen LogP contribution in [0.25, 0.3) is 0 Å². The minimum Gasteiger partial charge on any atom is -0.380 e. The van der Waals surface area contributed by atoms with Crippen molar-refractivity contribution in [2.24, 2.45) is 5.92 Å². The minimum absolute atomic E-state index is 0.709. The first-order valence-corrected chi connectivity index (χ1v) is 7.66. The van der Waals surface area contributed by atoms with E-state index in [2.05, 4.69) is 29.6 Å². The molecule has 1 N–H and O–H groups in total. The molecule has 0 atom stereocenters. The van der Waals surface area contributed by atoms with Crippen molar-refractivity contribution >= 4 is 0 Å². The summed E-state index contributed by atoms with van der Waals surface area (Å²) in [5, 5.41) is 3.59. The van der Waals surface area contributed by atoms with E-state index in [1.807, 2.05) is 0 Å². The summed E-state index contributed by atoms with van der Waals surface area (Å²) in [6.07, 6.45) is 8.58.